The van der Waals surface area contributed by atoms with E-state index in [4.69, 9.17) is 15.3 Å². The highest BCUT2D eigenvalue weighted by molar-refractivity contribution is 8.04. The largest absolute Gasteiger partial charge is 0.373 e. The molecule has 0 unspecified atom stereocenters. The predicted octanol–water partition coefficient (Wildman–Crippen LogP) is 4.01. The first kappa shape index (κ1) is 16.0. The molecule has 0 spiro atoms. The monoisotopic (exact) mass is 310 g/mol. The zero-order valence-corrected chi connectivity index (χ0v) is 14.0. The van der Waals surface area contributed by atoms with E-state index in [2.05, 4.69) is 31.6 Å². The first-order chi connectivity index (χ1) is 9.45. The van der Waals surface area contributed by atoms with Crippen molar-refractivity contribution in [2.75, 3.05) is 11.5 Å². The first-order valence-electron chi connectivity index (χ1n) is 7.13. The van der Waals surface area contributed by atoms with Crippen molar-refractivity contribution < 1.29 is 4.74 Å². The molecule has 20 heavy (non-hydrogen) atoms. The summed E-state index contributed by atoms with van der Waals surface area (Å²) in [5.74, 6) is 2.07. The van der Waals surface area contributed by atoms with Gasteiger partial charge < -0.3 is 4.74 Å². The van der Waals surface area contributed by atoms with E-state index in [1.807, 2.05) is 0 Å². The number of hydrogen-bond donors (Lipinski definition) is 0. The van der Waals surface area contributed by atoms with Crippen LogP contribution in [0.3, 0.4) is 0 Å². The second-order valence-corrected chi connectivity index (χ2v) is 8.27. The lowest BCUT2D eigenvalue weighted by molar-refractivity contribution is -0.0709. The Kier molecular flexibility index (Phi) is 4.95. The topological polar surface area (TPSA) is 56.8 Å². The van der Waals surface area contributed by atoms with Gasteiger partial charge in [0.25, 0.3) is 0 Å². The van der Waals surface area contributed by atoms with Gasteiger partial charge in [-0.05, 0) is 59.5 Å². The summed E-state index contributed by atoms with van der Waals surface area (Å²) in [6.45, 7) is 7.10. The molecule has 0 amide bonds. The van der Waals surface area contributed by atoms with Crippen LogP contribution in [0.15, 0.2) is 0 Å². The Morgan fingerprint density at radius 3 is 2.20 bits per heavy atom. The molecule has 0 aliphatic heterocycles. The van der Waals surface area contributed by atoms with Crippen LogP contribution >= 0.6 is 23.5 Å². The van der Waals surface area contributed by atoms with Crippen molar-refractivity contribution in [1.29, 1.82) is 10.5 Å². The van der Waals surface area contributed by atoms with Gasteiger partial charge in [0.05, 0.1) is 12.2 Å². The van der Waals surface area contributed by atoms with E-state index in [-0.39, 0.29) is 17.6 Å². The minimum absolute atomic E-state index is 0.00118. The summed E-state index contributed by atoms with van der Waals surface area (Å²) in [5.41, 5.74) is 0.581. The van der Waals surface area contributed by atoms with Crippen LogP contribution in [0, 0.1) is 38.1 Å². The van der Waals surface area contributed by atoms with Crippen molar-refractivity contribution in [3.8, 4) is 10.8 Å². The van der Waals surface area contributed by atoms with Gasteiger partial charge in [0.2, 0.25) is 0 Å². The molecule has 110 valence electrons. The summed E-state index contributed by atoms with van der Waals surface area (Å²) in [4.78, 5) is 0. The molecule has 3 nitrogen and oxygen atoms in total. The Hall–Kier alpha value is -0.360. The molecule has 5 heteroatoms. The second-order valence-electron chi connectivity index (χ2n) is 6.66. The minimum Gasteiger partial charge on any atom is -0.373 e. The molecule has 0 radical (unpaired) electrons. The summed E-state index contributed by atoms with van der Waals surface area (Å²) in [6.07, 6.45) is 3.96. The van der Waals surface area contributed by atoms with Gasteiger partial charge in [-0.2, -0.15) is 10.5 Å². The van der Waals surface area contributed by atoms with Crippen LogP contribution in [0.1, 0.15) is 40.0 Å². The van der Waals surface area contributed by atoms with Crippen molar-refractivity contribution in [3.05, 3.63) is 0 Å². The van der Waals surface area contributed by atoms with Crippen LogP contribution in [-0.4, -0.2) is 23.7 Å². The number of hydrogen-bond acceptors (Lipinski definition) is 5. The Morgan fingerprint density at radius 2 is 1.80 bits per heavy atom. The molecule has 2 rings (SSSR count). The second kappa shape index (κ2) is 6.18. The summed E-state index contributed by atoms with van der Waals surface area (Å²) in [7, 11) is 0. The van der Waals surface area contributed by atoms with Crippen molar-refractivity contribution in [2.45, 2.75) is 52.2 Å². The summed E-state index contributed by atoms with van der Waals surface area (Å²) in [5, 5.41) is 21.7. The summed E-state index contributed by atoms with van der Waals surface area (Å²) >= 11 is 2.45. The molecule has 2 aliphatic carbocycles. The Morgan fingerprint density at radius 1 is 1.20 bits per heavy atom. The Balaban J connectivity index is 2.01. The molecular formula is C15H22N2OS2. The van der Waals surface area contributed by atoms with E-state index in [0.29, 0.717) is 16.9 Å². The SMILES string of the molecule is CC1(C)[C@H]2CC[C@@]1(C)[C@@H](OC(CSC#N)CSC#N)C2. The molecule has 0 aromatic carbocycles. The van der Waals surface area contributed by atoms with Gasteiger partial charge in [-0.25, -0.2) is 0 Å². The molecule has 0 aromatic rings. The number of rotatable bonds is 6. The molecule has 2 saturated carbocycles. The number of thiocyanates is 2. The number of fused-ring (bicyclic) bond motifs is 2. The standard InChI is InChI=1S/C15H22N2OS2/c1-14(2)11-4-5-15(14,3)13(6-11)18-12(7-19-9-16)8-20-10-17/h11-13H,4-8H2,1-3H3/t11-,13-,15-/m0/s1. The smallest absolute Gasteiger partial charge is 0.133 e. The average molecular weight is 310 g/mol. The van der Waals surface area contributed by atoms with Crippen LogP contribution in [0.2, 0.25) is 0 Å². The summed E-state index contributed by atoms with van der Waals surface area (Å²) in [6, 6.07) is 0. The highest BCUT2D eigenvalue weighted by Gasteiger charge is 2.62. The van der Waals surface area contributed by atoms with Crippen LogP contribution in [0.4, 0.5) is 0 Å². The van der Waals surface area contributed by atoms with Crippen molar-refractivity contribution in [1.82, 2.24) is 0 Å². The fraction of sp³-hybridized carbons (Fsp3) is 0.867. The normalized spacial score (nSPS) is 34.1. The Labute approximate surface area is 130 Å². The summed E-state index contributed by atoms with van der Waals surface area (Å²) < 4.78 is 6.34. The molecule has 0 aromatic heterocycles. The van der Waals surface area contributed by atoms with E-state index in [0.717, 1.165) is 12.3 Å². The third-order valence-corrected chi connectivity index (χ3v) is 7.07. The van der Waals surface area contributed by atoms with Crippen molar-refractivity contribution in [2.24, 2.45) is 16.7 Å². The quantitative estimate of drug-likeness (QED) is 0.694. The van der Waals surface area contributed by atoms with Gasteiger partial charge in [-0.15, -0.1) is 0 Å². The van der Waals surface area contributed by atoms with Gasteiger partial charge in [0.1, 0.15) is 10.8 Å². The molecule has 0 heterocycles. The van der Waals surface area contributed by atoms with E-state index in [1.54, 1.807) is 0 Å². The van der Waals surface area contributed by atoms with Gasteiger partial charge >= 0.3 is 0 Å². The van der Waals surface area contributed by atoms with Crippen molar-refractivity contribution in [3.63, 3.8) is 0 Å². The average Bonchev–Trinajstić information content (AvgIpc) is 2.74. The lowest BCUT2D eigenvalue weighted by Gasteiger charge is -2.40. The van der Waals surface area contributed by atoms with E-state index >= 15 is 0 Å². The maximum absolute atomic E-state index is 8.73. The number of nitriles is 2. The van der Waals surface area contributed by atoms with Gasteiger partial charge in [-0.3, -0.25) is 0 Å². The van der Waals surface area contributed by atoms with E-state index in [9.17, 15) is 0 Å². The van der Waals surface area contributed by atoms with E-state index < -0.39 is 0 Å². The zero-order valence-electron chi connectivity index (χ0n) is 12.4. The van der Waals surface area contributed by atoms with E-state index in [1.165, 1.54) is 36.4 Å². The van der Waals surface area contributed by atoms with Crippen LogP contribution in [-0.2, 0) is 4.74 Å². The third kappa shape index (κ3) is 2.69. The molecule has 0 N–H and O–H groups in total. The highest BCUT2D eigenvalue weighted by Crippen LogP contribution is 2.66. The minimum atomic E-state index is 0.00118. The van der Waals surface area contributed by atoms with Crippen LogP contribution in [0.25, 0.3) is 0 Å². The molecule has 0 saturated heterocycles. The molecule has 3 atom stereocenters. The number of thioether (sulfide) groups is 2. The molecule has 2 aliphatic rings. The fourth-order valence-corrected chi connectivity index (χ4v) is 5.02. The number of nitrogens with zero attached hydrogens (tertiary/aromatic N) is 2. The zero-order chi connectivity index (χ0) is 14.8. The lowest BCUT2D eigenvalue weighted by atomic mass is 9.70. The maximum Gasteiger partial charge on any atom is 0.133 e. The lowest BCUT2D eigenvalue weighted by Crippen LogP contribution is -2.40. The maximum atomic E-state index is 8.73. The third-order valence-electron chi connectivity index (χ3n) is 5.74. The predicted molar refractivity (Wildman–Crippen MR) is 84.0 cm³/mol. The van der Waals surface area contributed by atoms with Crippen molar-refractivity contribution >= 4 is 23.5 Å². The highest BCUT2D eigenvalue weighted by atomic mass is 32.2. The van der Waals surface area contributed by atoms with Gasteiger partial charge in [0, 0.05) is 11.5 Å². The van der Waals surface area contributed by atoms with Crippen LogP contribution < -0.4 is 0 Å². The first-order valence-corrected chi connectivity index (χ1v) is 9.10. The van der Waals surface area contributed by atoms with Gasteiger partial charge in [-0.1, -0.05) is 20.8 Å². The molecular weight excluding hydrogens is 288 g/mol. The number of ether oxygens (including phenoxy) is 1. The van der Waals surface area contributed by atoms with Crippen LogP contribution in [0.5, 0.6) is 0 Å². The fourth-order valence-electron chi connectivity index (χ4n) is 3.96. The van der Waals surface area contributed by atoms with Gasteiger partial charge in [0.15, 0.2) is 0 Å². The molecule has 2 bridgehead atoms. The Bertz CT molecular complexity index is 422. The molecule has 2 fully saturated rings.